The van der Waals surface area contributed by atoms with Crippen LogP contribution >= 0.6 is 23.2 Å². The van der Waals surface area contributed by atoms with Crippen LogP contribution in [-0.2, 0) is 0 Å². The van der Waals surface area contributed by atoms with Gasteiger partial charge in [0.05, 0.1) is 21.3 Å². The molecule has 0 aliphatic carbocycles. The van der Waals surface area contributed by atoms with Gasteiger partial charge in [-0.2, -0.15) is 0 Å². The first-order valence-electron chi connectivity index (χ1n) is 9.27. The van der Waals surface area contributed by atoms with Gasteiger partial charge in [-0.15, -0.1) is 0 Å². The Hall–Kier alpha value is -1.56. The normalized spacial score (nSPS) is 20.6. The number of halogens is 2. The van der Waals surface area contributed by atoms with E-state index in [-0.39, 0.29) is 11.0 Å². The van der Waals surface area contributed by atoms with E-state index in [0.717, 1.165) is 38.2 Å². The molecule has 0 spiro atoms. The molecule has 7 heteroatoms. The second-order valence-corrected chi connectivity index (χ2v) is 8.46. The van der Waals surface area contributed by atoms with Gasteiger partial charge in [0.1, 0.15) is 11.6 Å². The highest BCUT2D eigenvalue weighted by atomic mass is 35.5. The first-order chi connectivity index (χ1) is 12.8. The third-order valence-corrected chi connectivity index (χ3v) is 6.42. The fourth-order valence-corrected chi connectivity index (χ4v) is 4.09. The SMILES string of the molecule is Cc1c(N2CCCC(C)(CN)CC2)nc(C)n(-c2cccc(Cl)c2Cl)c1=O. The van der Waals surface area contributed by atoms with Crippen LogP contribution in [0.3, 0.4) is 0 Å². The molecule has 0 amide bonds. The van der Waals surface area contributed by atoms with Crippen LogP contribution in [0.25, 0.3) is 5.69 Å². The zero-order valence-corrected chi connectivity index (χ0v) is 17.6. The lowest BCUT2D eigenvalue weighted by Crippen LogP contribution is -2.33. The van der Waals surface area contributed by atoms with E-state index in [1.54, 1.807) is 18.2 Å². The maximum absolute atomic E-state index is 13.2. The van der Waals surface area contributed by atoms with Gasteiger partial charge in [-0.25, -0.2) is 4.98 Å². The largest absolute Gasteiger partial charge is 0.356 e. The average molecular weight is 409 g/mol. The number of hydrogen-bond donors (Lipinski definition) is 1. The highest BCUT2D eigenvalue weighted by Crippen LogP contribution is 2.32. The Bertz CT molecular complexity index is 912. The standard InChI is InChI=1S/C20H26Cl2N4O/c1-13-18(25-10-5-8-20(3,12-23)9-11-25)24-14(2)26(19(13)27)16-7-4-6-15(21)17(16)22/h4,6-7H,5,8-12,23H2,1-3H3. The predicted molar refractivity (Wildman–Crippen MR) is 113 cm³/mol. The Kier molecular flexibility index (Phi) is 5.84. The molecule has 1 atom stereocenters. The number of nitrogens with two attached hydrogens (primary N) is 1. The molecule has 1 aromatic heterocycles. The van der Waals surface area contributed by atoms with Crippen molar-refractivity contribution in [3.63, 3.8) is 0 Å². The molecule has 5 nitrogen and oxygen atoms in total. The van der Waals surface area contributed by atoms with Gasteiger partial charge in [0.2, 0.25) is 0 Å². The van der Waals surface area contributed by atoms with Crippen LogP contribution in [0, 0.1) is 19.3 Å². The van der Waals surface area contributed by atoms with E-state index < -0.39 is 0 Å². The van der Waals surface area contributed by atoms with E-state index in [2.05, 4.69) is 11.8 Å². The Morgan fingerprint density at radius 1 is 1.22 bits per heavy atom. The zero-order chi connectivity index (χ0) is 19.8. The topological polar surface area (TPSA) is 64.2 Å². The highest BCUT2D eigenvalue weighted by Gasteiger charge is 2.28. The van der Waals surface area contributed by atoms with Gasteiger partial charge in [-0.1, -0.05) is 36.2 Å². The minimum atomic E-state index is -0.118. The Labute approximate surface area is 170 Å². The molecule has 0 bridgehead atoms. The highest BCUT2D eigenvalue weighted by molar-refractivity contribution is 6.43. The minimum Gasteiger partial charge on any atom is -0.356 e. The maximum Gasteiger partial charge on any atom is 0.263 e. The molecule has 0 saturated carbocycles. The van der Waals surface area contributed by atoms with Gasteiger partial charge >= 0.3 is 0 Å². The first-order valence-corrected chi connectivity index (χ1v) is 10.0. The smallest absolute Gasteiger partial charge is 0.263 e. The molecule has 1 aliphatic rings. The van der Waals surface area contributed by atoms with Crippen LogP contribution in [0.5, 0.6) is 0 Å². The monoisotopic (exact) mass is 408 g/mol. The summed E-state index contributed by atoms with van der Waals surface area (Å²) in [7, 11) is 0. The van der Waals surface area contributed by atoms with Gasteiger partial charge in [-0.3, -0.25) is 9.36 Å². The minimum absolute atomic E-state index is 0.118. The fraction of sp³-hybridized carbons (Fsp3) is 0.500. The Balaban J connectivity index is 2.03. The number of aromatic nitrogens is 2. The molecular formula is C20H26Cl2N4O. The van der Waals surface area contributed by atoms with Crippen molar-refractivity contribution in [3.8, 4) is 5.69 Å². The van der Waals surface area contributed by atoms with Crippen LogP contribution in [-0.4, -0.2) is 29.2 Å². The van der Waals surface area contributed by atoms with E-state index in [9.17, 15) is 4.79 Å². The van der Waals surface area contributed by atoms with Crippen LogP contribution in [0.1, 0.15) is 37.6 Å². The summed E-state index contributed by atoms with van der Waals surface area (Å²) in [6.45, 7) is 8.30. The second-order valence-electron chi connectivity index (χ2n) is 7.68. The van der Waals surface area contributed by atoms with Crippen molar-refractivity contribution in [2.45, 2.75) is 40.0 Å². The van der Waals surface area contributed by atoms with Crippen molar-refractivity contribution in [3.05, 3.63) is 50.0 Å². The molecule has 1 fully saturated rings. The van der Waals surface area contributed by atoms with Crippen molar-refractivity contribution in [1.29, 1.82) is 0 Å². The van der Waals surface area contributed by atoms with E-state index in [0.29, 0.717) is 33.7 Å². The molecule has 1 unspecified atom stereocenters. The lowest BCUT2D eigenvalue weighted by molar-refractivity contribution is 0.298. The van der Waals surface area contributed by atoms with Gasteiger partial charge in [0, 0.05) is 13.1 Å². The fourth-order valence-electron chi connectivity index (χ4n) is 3.71. The summed E-state index contributed by atoms with van der Waals surface area (Å²) in [5.41, 5.74) is 7.18. The summed E-state index contributed by atoms with van der Waals surface area (Å²) in [5, 5.41) is 0.766. The molecule has 27 heavy (non-hydrogen) atoms. The Morgan fingerprint density at radius 3 is 2.67 bits per heavy atom. The summed E-state index contributed by atoms with van der Waals surface area (Å²) in [6, 6.07) is 5.26. The van der Waals surface area contributed by atoms with Crippen LogP contribution in [0.4, 0.5) is 5.82 Å². The van der Waals surface area contributed by atoms with Crippen molar-refractivity contribution < 1.29 is 0 Å². The summed E-state index contributed by atoms with van der Waals surface area (Å²) < 4.78 is 1.54. The molecular weight excluding hydrogens is 383 g/mol. The summed E-state index contributed by atoms with van der Waals surface area (Å²) in [5.74, 6) is 1.35. The molecule has 2 heterocycles. The lowest BCUT2D eigenvalue weighted by atomic mass is 9.83. The van der Waals surface area contributed by atoms with Gasteiger partial charge in [0.15, 0.2) is 0 Å². The summed E-state index contributed by atoms with van der Waals surface area (Å²) in [4.78, 5) is 20.2. The molecule has 1 saturated heterocycles. The van der Waals surface area contributed by atoms with Crippen molar-refractivity contribution in [1.82, 2.24) is 9.55 Å². The molecule has 1 aliphatic heterocycles. The van der Waals surface area contributed by atoms with Crippen molar-refractivity contribution in [2.75, 3.05) is 24.5 Å². The van der Waals surface area contributed by atoms with Crippen LogP contribution in [0.15, 0.2) is 23.0 Å². The van der Waals surface area contributed by atoms with E-state index in [4.69, 9.17) is 33.9 Å². The number of benzene rings is 1. The molecule has 2 aromatic rings. The predicted octanol–water partition coefficient (Wildman–Crippen LogP) is 4.11. The molecule has 0 radical (unpaired) electrons. The first kappa shape index (κ1) is 20.2. The third kappa shape index (κ3) is 3.86. The molecule has 1 aromatic carbocycles. The number of hydrogen-bond acceptors (Lipinski definition) is 4. The van der Waals surface area contributed by atoms with Gasteiger partial charge in [-0.05, 0) is 57.2 Å². The lowest BCUT2D eigenvalue weighted by Gasteiger charge is -2.27. The van der Waals surface area contributed by atoms with E-state index >= 15 is 0 Å². The van der Waals surface area contributed by atoms with Gasteiger partial charge < -0.3 is 10.6 Å². The summed E-state index contributed by atoms with van der Waals surface area (Å²) in [6.07, 6.45) is 3.12. The van der Waals surface area contributed by atoms with E-state index in [1.807, 2.05) is 13.8 Å². The van der Waals surface area contributed by atoms with Crippen molar-refractivity contribution in [2.24, 2.45) is 11.1 Å². The number of anilines is 1. The molecule has 3 rings (SSSR count). The number of nitrogens with zero attached hydrogens (tertiary/aromatic N) is 3. The molecule has 146 valence electrons. The van der Waals surface area contributed by atoms with Crippen LogP contribution in [0.2, 0.25) is 10.0 Å². The third-order valence-electron chi connectivity index (χ3n) is 5.61. The Morgan fingerprint density at radius 2 is 1.96 bits per heavy atom. The van der Waals surface area contributed by atoms with Crippen molar-refractivity contribution >= 4 is 29.0 Å². The summed E-state index contributed by atoms with van der Waals surface area (Å²) >= 11 is 12.5. The second kappa shape index (κ2) is 7.82. The average Bonchev–Trinajstić information content (AvgIpc) is 2.84. The number of rotatable bonds is 3. The van der Waals surface area contributed by atoms with Gasteiger partial charge in [0.25, 0.3) is 5.56 Å². The zero-order valence-electron chi connectivity index (χ0n) is 16.1. The number of aryl methyl sites for hydroxylation is 1. The van der Waals surface area contributed by atoms with Crippen LogP contribution < -0.4 is 16.2 Å². The van der Waals surface area contributed by atoms with E-state index in [1.165, 1.54) is 4.57 Å². The molecule has 2 N–H and O–H groups in total. The quantitative estimate of drug-likeness (QED) is 0.829. The maximum atomic E-state index is 13.2.